The first-order chi connectivity index (χ1) is 17.8. The topological polar surface area (TPSA) is 98.6 Å². The molecule has 4 rings (SSSR count). The molecule has 3 aromatic rings. The Balaban J connectivity index is 1.75. The third kappa shape index (κ3) is 6.28. The third-order valence-corrected chi connectivity index (χ3v) is 6.87. The van der Waals surface area contributed by atoms with Gasteiger partial charge < -0.3 is 19.7 Å². The molecule has 1 saturated heterocycles. The van der Waals surface area contributed by atoms with Crippen LogP contribution >= 0.6 is 0 Å². The highest BCUT2D eigenvalue weighted by Crippen LogP contribution is 2.32. The van der Waals surface area contributed by atoms with Crippen LogP contribution in [-0.2, 0) is 20.9 Å². The van der Waals surface area contributed by atoms with Crippen molar-refractivity contribution in [3.05, 3.63) is 54.1 Å². The van der Waals surface area contributed by atoms with Crippen LogP contribution in [0.2, 0.25) is 0 Å². The lowest BCUT2D eigenvalue weighted by atomic mass is 9.97. The van der Waals surface area contributed by atoms with Gasteiger partial charge in [0.1, 0.15) is 23.9 Å². The van der Waals surface area contributed by atoms with E-state index < -0.39 is 11.6 Å². The largest absolute Gasteiger partial charge is 0.494 e. The summed E-state index contributed by atoms with van der Waals surface area (Å²) in [4.78, 5) is 29.6. The van der Waals surface area contributed by atoms with E-state index in [4.69, 9.17) is 9.47 Å². The molecular formula is C28H37N5O4. The number of carbonyl (C=O) groups excluding carboxylic acids is 2. The van der Waals surface area contributed by atoms with Crippen LogP contribution in [0.5, 0.6) is 5.75 Å². The number of fused-ring (bicyclic) bond motifs is 1. The lowest BCUT2D eigenvalue weighted by Crippen LogP contribution is -2.52. The van der Waals surface area contributed by atoms with Gasteiger partial charge in [-0.15, -0.1) is 5.10 Å². The van der Waals surface area contributed by atoms with Crippen LogP contribution in [0.25, 0.3) is 11.0 Å². The van der Waals surface area contributed by atoms with Crippen molar-refractivity contribution in [3.8, 4) is 5.75 Å². The maximum Gasteiger partial charge on any atom is 0.248 e. The van der Waals surface area contributed by atoms with Crippen molar-refractivity contribution >= 4 is 22.8 Å². The number of nitrogens with one attached hydrogen (secondary N) is 1. The highest BCUT2D eigenvalue weighted by Gasteiger charge is 2.37. The number of nitrogens with zero attached hydrogens (tertiary/aromatic N) is 4. The Labute approximate surface area is 218 Å². The standard InChI is InChI=1S/C28H37N5O4/c1-5-28(3,4)29-27(35)26(21-13-7-10-16-24(21)36-6-2)32(18-20-12-11-17-37-20)25(34)19-33-23-15-9-8-14-22(23)30-31-33/h7-10,13-16,20,26H,5-6,11-12,17-19H2,1-4H3,(H,29,35). The van der Waals surface area contributed by atoms with Crippen molar-refractivity contribution in [1.29, 1.82) is 0 Å². The number of aromatic nitrogens is 3. The molecule has 2 atom stereocenters. The van der Waals surface area contributed by atoms with Gasteiger partial charge in [-0.2, -0.15) is 0 Å². The third-order valence-electron chi connectivity index (χ3n) is 6.87. The highest BCUT2D eigenvalue weighted by molar-refractivity contribution is 5.90. The fourth-order valence-corrected chi connectivity index (χ4v) is 4.55. The van der Waals surface area contributed by atoms with E-state index in [1.54, 1.807) is 9.58 Å². The molecule has 2 amide bonds. The Bertz CT molecular complexity index is 1220. The van der Waals surface area contributed by atoms with Crippen LogP contribution in [0.3, 0.4) is 0 Å². The summed E-state index contributed by atoms with van der Waals surface area (Å²) in [6, 6.07) is 14.0. The van der Waals surface area contributed by atoms with Crippen LogP contribution in [0.1, 0.15) is 58.6 Å². The van der Waals surface area contributed by atoms with Gasteiger partial charge in [0.05, 0.1) is 18.2 Å². The fourth-order valence-electron chi connectivity index (χ4n) is 4.55. The number of hydrogen-bond acceptors (Lipinski definition) is 6. The van der Waals surface area contributed by atoms with E-state index in [9.17, 15) is 9.59 Å². The van der Waals surface area contributed by atoms with Gasteiger partial charge in [-0.25, -0.2) is 4.68 Å². The van der Waals surface area contributed by atoms with Crippen LogP contribution in [0, 0.1) is 0 Å². The van der Waals surface area contributed by atoms with E-state index in [0.717, 1.165) is 24.8 Å². The molecule has 0 spiro atoms. The average Bonchev–Trinajstić information content (AvgIpc) is 3.55. The molecule has 2 heterocycles. The quantitative estimate of drug-likeness (QED) is 0.423. The van der Waals surface area contributed by atoms with Crippen molar-refractivity contribution < 1.29 is 19.1 Å². The molecule has 9 heteroatoms. The average molecular weight is 508 g/mol. The van der Waals surface area contributed by atoms with Gasteiger partial charge in [0.2, 0.25) is 11.8 Å². The maximum atomic E-state index is 14.0. The molecule has 0 saturated carbocycles. The van der Waals surface area contributed by atoms with Gasteiger partial charge in [0.15, 0.2) is 0 Å². The normalized spacial score (nSPS) is 16.5. The number of carbonyl (C=O) groups is 2. The molecule has 0 radical (unpaired) electrons. The number of ether oxygens (including phenoxy) is 2. The SMILES string of the molecule is CCOc1ccccc1C(C(=O)NC(C)(C)CC)N(CC1CCCO1)C(=O)Cn1nnc2ccccc21. The van der Waals surface area contributed by atoms with Crippen LogP contribution < -0.4 is 10.1 Å². The molecule has 37 heavy (non-hydrogen) atoms. The van der Waals surface area contributed by atoms with E-state index in [1.165, 1.54) is 0 Å². The molecule has 1 aliphatic heterocycles. The Hall–Kier alpha value is -3.46. The van der Waals surface area contributed by atoms with Crippen molar-refractivity contribution in [2.45, 2.75) is 71.2 Å². The molecule has 2 unspecified atom stereocenters. The first-order valence-electron chi connectivity index (χ1n) is 13.1. The molecule has 1 aliphatic rings. The lowest BCUT2D eigenvalue weighted by molar-refractivity contribution is -0.144. The Morgan fingerprint density at radius 1 is 1.19 bits per heavy atom. The first-order valence-corrected chi connectivity index (χ1v) is 13.1. The second-order valence-electron chi connectivity index (χ2n) is 10.0. The van der Waals surface area contributed by atoms with Gasteiger partial charge in [0, 0.05) is 24.3 Å². The molecule has 1 aromatic heterocycles. The Kier molecular flexibility index (Phi) is 8.43. The van der Waals surface area contributed by atoms with Crippen molar-refractivity contribution in [2.24, 2.45) is 0 Å². The minimum atomic E-state index is -0.903. The molecular weight excluding hydrogens is 470 g/mol. The summed E-state index contributed by atoms with van der Waals surface area (Å²) in [6.07, 6.45) is 2.35. The van der Waals surface area contributed by atoms with E-state index in [1.807, 2.05) is 76.2 Å². The molecule has 2 aromatic carbocycles. The molecule has 0 aliphatic carbocycles. The minimum absolute atomic E-state index is 0.0506. The number of benzene rings is 2. The van der Waals surface area contributed by atoms with Crippen LogP contribution in [0.15, 0.2) is 48.5 Å². The molecule has 1 fully saturated rings. The van der Waals surface area contributed by atoms with E-state index in [2.05, 4.69) is 15.6 Å². The van der Waals surface area contributed by atoms with E-state index in [-0.39, 0.29) is 31.0 Å². The monoisotopic (exact) mass is 507 g/mol. The second kappa shape index (κ2) is 11.7. The smallest absolute Gasteiger partial charge is 0.248 e. The Morgan fingerprint density at radius 2 is 1.95 bits per heavy atom. The minimum Gasteiger partial charge on any atom is -0.494 e. The van der Waals surface area contributed by atoms with Crippen molar-refractivity contribution in [2.75, 3.05) is 19.8 Å². The van der Waals surface area contributed by atoms with Crippen molar-refractivity contribution in [1.82, 2.24) is 25.2 Å². The summed E-state index contributed by atoms with van der Waals surface area (Å²) in [6.45, 7) is 9.20. The first kappa shape index (κ1) is 26.6. The van der Waals surface area contributed by atoms with Crippen LogP contribution in [0.4, 0.5) is 0 Å². The molecule has 9 nitrogen and oxygen atoms in total. The second-order valence-corrected chi connectivity index (χ2v) is 10.0. The van der Waals surface area contributed by atoms with Gasteiger partial charge >= 0.3 is 0 Å². The van der Waals surface area contributed by atoms with Crippen LogP contribution in [-0.4, -0.2) is 63.1 Å². The zero-order valence-electron chi connectivity index (χ0n) is 22.1. The van der Waals surface area contributed by atoms with Gasteiger partial charge in [0.25, 0.3) is 0 Å². The highest BCUT2D eigenvalue weighted by atomic mass is 16.5. The summed E-state index contributed by atoms with van der Waals surface area (Å²) < 4.78 is 13.4. The van der Waals surface area contributed by atoms with E-state index >= 15 is 0 Å². The predicted molar refractivity (Wildman–Crippen MR) is 141 cm³/mol. The zero-order chi connectivity index (χ0) is 26.4. The summed E-state index contributed by atoms with van der Waals surface area (Å²) >= 11 is 0. The van der Waals surface area contributed by atoms with Gasteiger partial charge in [-0.05, 0) is 58.2 Å². The number of para-hydroxylation sites is 2. The zero-order valence-corrected chi connectivity index (χ0v) is 22.1. The molecule has 198 valence electrons. The summed E-state index contributed by atoms with van der Waals surface area (Å²) in [5.41, 5.74) is 1.66. The number of rotatable bonds is 11. The van der Waals surface area contributed by atoms with Crippen molar-refractivity contribution in [3.63, 3.8) is 0 Å². The number of hydrogen-bond donors (Lipinski definition) is 1. The fraction of sp³-hybridized carbons (Fsp3) is 0.500. The summed E-state index contributed by atoms with van der Waals surface area (Å²) in [5, 5.41) is 11.6. The predicted octanol–water partition coefficient (Wildman–Crippen LogP) is 3.88. The molecule has 0 bridgehead atoms. The lowest BCUT2D eigenvalue weighted by Gasteiger charge is -2.36. The van der Waals surface area contributed by atoms with E-state index in [0.29, 0.717) is 30.0 Å². The number of amides is 2. The Morgan fingerprint density at radius 3 is 2.68 bits per heavy atom. The summed E-state index contributed by atoms with van der Waals surface area (Å²) in [5.74, 6) is 0.0801. The van der Waals surface area contributed by atoms with Gasteiger partial charge in [-0.1, -0.05) is 42.5 Å². The summed E-state index contributed by atoms with van der Waals surface area (Å²) in [7, 11) is 0. The molecule has 1 N–H and O–H groups in total. The van der Waals surface area contributed by atoms with Gasteiger partial charge in [-0.3, -0.25) is 9.59 Å². The maximum absolute atomic E-state index is 14.0.